The van der Waals surface area contributed by atoms with E-state index in [1.807, 2.05) is 6.92 Å². The number of rotatable bonds is 5. The van der Waals surface area contributed by atoms with Gasteiger partial charge in [-0.1, -0.05) is 6.07 Å². The fraction of sp³-hybridized carbons (Fsp3) is 0.533. The highest BCUT2D eigenvalue weighted by Crippen LogP contribution is 2.27. The Morgan fingerprint density at radius 2 is 1.95 bits per heavy atom. The maximum atomic E-state index is 11.4. The Morgan fingerprint density at radius 1 is 1.29 bits per heavy atom. The molecule has 0 radical (unpaired) electrons. The smallest absolute Gasteiger partial charge is 0.407 e. The monoisotopic (exact) mass is 296 g/mol. The fourth-order valence-electron chi connectivity index (χ4n) is 1.78. The average Bonchev–Trinajstić information content (AvgIpc) is 2.32. The van der Waals surface area contributed by atoms with E-state index in [1.165, 1.54) is 12.1 Å². The van der Waals surface area contributed by atoms with Crippen molar-refractivity contribution in [1.82, 2.24) is 10.6 Å². The summed E-state index contributed by atoms with van der Waals surface area (Å²) in [5, 5.41) is 24.8. The van der Waals surface area contributed by atoms with Crippen LogP contribution in [-0.4, -0.2) is 35.0 Å². The van der Waals surface area contributed by atoms with Crippen molar-refractivity contribution in [3.05, 3.63) is 23.8 Å². The highest BCUT2D eigenvalue weighted by molar-refractivity contribution is 5.67. The van der Waals surface area contributed by atoms with Gasteiger partial charge in [0, 0.05) is 30.8 Å². The summed E-state index contributed by atoms with van der Waals surface area (Å²) >= 11 is 0. The lowest BCUT2D eigenvalue weighted by Crippen LogP contribution is -2.36. The van der Waals surface area contributed by atoms with Crippen LogP contribution in [0.5, 0.6) is 11.5 Å². The number of phenolic OH excluding ortho intramolecular Hbond substituents is 2. The molecule has 1 unspecified atom stereocenters. The molecule has 1 amide bonds. The van der Waals surface area contributed by atoms with E-state index in [9.17, 15) is 15.0 Å². The minimum Gasteiger partial charge on any atom is -0.508 e. The predicted molar refractivity (Wildman–Crippen MR) is 80.4 cm³/mol. The first-order valence-electron chi connectivity index (χ1n) is 6.91. The molecule has 0 spiro atoms. The lowest BCUT2D eigenvalue weighted by Gasteiger charge is -2.20. The van der Waals surface area contributed by atoms with Crippen molar-refractivity contribution in [2.45, 2.75) is 39.3 Å². The summed E-state index contributed by atoms with van der Waals surface area (Å²) in [7, 11) is 0. The lowest BCUT2D eigenvalue weighted by atomic mass is 10.1. The Balaban J connectivity index is 2.34. The third kappa shape index (κ3) is 6.35. The summed E-state index contributed by atoms with van der Waals surface area (Å²) in [5.74, 6) is 0.0603. The normalized spacial score (nSPS) is 12.8. The molecule has 1 atom stereocenters. The molecule has 0 heterocycles. The van der Waals surface area contributed by atoms with E-state index in [0.29, 0.717) is 18.7 Å². The molecule has 118 valence electrons. The first-order valence-corrected chi connectivity index (χ1v) is 6.91. The van der Waals surface area contributed by atoms with Crippen molar-refractivity contribution >= 4 is 6.09 Å². The second-order valence-corrected chi connectivity index (χ2v) is 5.85. The molecule has 6 heteroatoms. The Hall–Kier alpha value is -1.95. The minimum atomic E-state index is -0.511. The van der Waals surface area contributed by atoms with Crippen LogP contribution in [0.25, 0.3) is 0 Å². The van der Waals surface area contributed by atoms with Gasteiger partial charge in [0.2, 0.25) is 0 Å². The van der Waals surface area contributed by atoms with E-state index in [2.05, 4.69) is 10.6 Å². The third-order valence-corrected chi connectivity index (χ3v) is 2.72. The van der Waals surface area contributed by atoms with Crippen molar-refractivity contribution < 1.29 is 19.7 Å². The number of aromatic hydroxyl groups is 2. The molecule has 0 aliphatic rings. The van der Waals surface area contributed by atoms with Crippen molar-refractivity contribution in [3.8, 4) is 11.5 Å². The second kappa shape index (κ2) is 7.17. The van der Waals surface area contributed by atoms with E-state index in [4.69, 9.17) is 4.74 Å². The molecule has 0 bridgehead atoms. The molecule has 1 aromatic carbocycles. The van der Waals surface area contributed by atoms with Crippen LogP contribution in [0.1, 0.15) is 39.3 Å². The van der Waals surface area contributed by atoms with Gasteiger partial charge in [0.15, 0.2) is 0 Å². The Kier molecular flexibility index (Phi) is 5.84. The van der Waals surface area contributed by atoms with Crippen LogP contribution >= 0.6 is 0 Å². The van der Waals surface area contributed by atoms with Gasteiger partial charge in [-0.2, -0.15) is 0 Å². The molecule has 0 fully saturated rings. The van der Waals surface area contributed by atoms with Crippen LogP contribution in [0.2, 0.25) is 0 Å². The highest BCUT2D eigenvalue weighted by Gasteiger charge is 2.15. The number of hydrogen-bond acceptors (Lipinski definition) is 5. The number of alkyl carbamates (subject to hydrolysis) is 1. The SMILES string of the molecule is CC(NCCNC(=O)OC(C)(C)C)c1ccc(O)cc1O. The van der Waals surface area contributed by atoms with Crippen molar-refractivity contribution in [3.63, 3.8) is 0 Å². The van der Waals surface area contributed by atoms with Crippen molar-refractivity contribution in [1.29, 1.82) is 0 Å². The maximum Gasteiger partial charge on any atom is 0.407 e. The van der Waals surface area contributed by atoms with Crippen LogP contribution in [0.4, 0.5) is 4.79 Å². The fourth-order valence-corrected chi connectivity index (χ4v) is 1.78. The van der Waals surface area contributed by atoms with E-state index >= 15 is 0 Å². The molecular formula is C15H24N2O4. The summed E-state index contributed by atoms with van der Waals surface area (Å²) in [5.41, 5.74) is 0.174. The molecule has 0 saturated heterocycles. The topological polar surface area (TPSA) is 90.8 Å². The third-order valence-electron chi connectivity index (χ3n) is 2.72. The lowest BCUT2D eigenvalue weighted by molar-refractivity contribution is 0.0528. The van der Waals surface area contributed by atoms with Gasteiger partial charge in [0.25, 0.3) is 0 Å². The van der Waals surface area contributed by atoms with Gasteiger partial charge >= 0.3 is 6.09 Å². The first kappa shape index (κ1) is 17.1. The van der Waals surface area contributed by atoms with Gasteiger partial charge in [-0.15, -0.1) is 0 Å². The molecule has 1 rings (SSSR count). The molecule has 0 aliphatic heterocycles. The van der Waals surface area contributed by atoms with Crippen LogP contribution in [0.3, 0.4) is 0 Å². The Labute approximate surface area is 125 Å². The van der Waals surface area contributed by atoms with Gasteiger partial charge < -0.3 is 25.6 Å². The molecule has 6 nitrogen and oxygen atoms in total. The quantitative estimate of drug-likeness (QED) is 0.626. The molecule has 0 saturated carbocycles. The number of nitrogens with one attached hydrogen (secondary N) is 2. The predicted octanol–water partition coefficient (Wildman–Crippen LogP) is 2.27. The first-order chi connectivity index (χ1) is 9.69. The van der Waals surface area contributed by atoms with Gasteiger partial charge in [-0.05, 0) is 33.8 Å². The van der Waals surface area contributed by atoms with Gasteiger partial charge in [-0.25, -0.2) is 4.79 Å². The summed E-state index contributed by atoms with van der Waals surface area (Å²) in [6.07, 6.45) is -0.454. The minimum absolute atomic E-state index is 0.0232. The molecular weight excluding hydrogens is 272 g/mol. The number of hydrogen-bond donors (Lipinski definition) is 4. The summed E-state index contributed by atoms with van der Waals surface area (Å²) in [6, 6.07) is 4.37. The average molecular weight is 296 g/mol. The summed E-state index contributed by atoms with van der Waals surface area (Å²) < 4.78 is 5.12. The van der Waals surface area contributed by atoms with Crippen LogP contribution in [0, 0.1) is 0 Å². The van der Waals surface area contributed by atoms with Crippen LogP contribution < -0.4 is 10.6 Å². The number of carbonyl (C=O) groups excluding carboxylic acids is 1. The van der Waals surface area contributed by atoms with Gasteiger partial charge in [-0.3, -0.25) is 0 Å². The zero-order valence-electron chi connectivity index (χ0n) is 12.9. The highest BCUT2D eigenvalue weighted by atomic mass is 16.6. The van der Waals surface area contributed by atoms with Gasteiger partial charge in [0.05, 0.1) is 0 Å². The molecule has 0 aliphatic carbocycles. The second-order valence-electron chi connectivity index (χ2n) is 5.85. The van der Waals surface area contributed by atoms with E-state index in [1.54, 1.807) is 26.8 Å². The zero-order valence-corrected chi connectivity index (χ0v) is 12.9. The largest absolute Gasteiger partial charge is 0.508 e. The zero-order chi connectivity index (χ0) is 16.0. The summed E-state index contributed by atoms with van der Waals surface area (Å²) in [4.78, 5) is 11.4. The maximum absolute atomic E-state index is 11.4. The number of benzene rings is 1. The number of carbonyl (C=O) groups is 1. The molecule has 0 aromatic heterocycles. The van der Waals surface area contributed by atoms with Crippen molar-refractivity contribution in [2.24, 2.45) is 0 Å². The Bertz CT molecular complexity index is 483. The molecule has 1 aromatic rings. The standard InChI is InChI=1S/C15H24N2O4/c1-10(12-6-5-11(18)9-13(12)19)16-7-8-17-14(20)21-15(2,3)4/h5-6,9-10,16,18-19H,7-8H2,1-4H3,(H,17,20). The molecule has 4 N–H and O–H groups in total. The van der Waals surface area contributed by atoms with E-state index in [0.717, 1.165) is 0 Å². The van der Waals surface area contributed by atoms with Crippen LogP contribution in [0.15, 0.2) is 18.2 Å². The number of phenols is 2. The van der Waals surface area contributed by atoms with Crippen molar-refractivity contribution in [2.75, 3.05) is 13.1 Å². The van der Waals surface area contributed by atoms with Crippen LogP contribution in [-0.2, 0) is 4.74 Å². The Morgan fingerprint density at radius 3 is 2.52 bits per heavy atom. The summed E-state index contributed by atoms with van der Waals surface area (Å²) in [6.45, 7) is 8.25. The van der Waals surface area contributed by atoms with Gasteiger partial charge in [0.1, 0.15) is 17.1 Å². The van der Waals surface area contributed by atoms with E-state index in [-0.39, 0.29) is 17.5 Å². The number of ether oxygens (including phenoxy) is 1. The van der Waals surface area contributed by atoms with E-state index < -0.39 is 11.7 Å². The molecule has 21 heavy (non-hydrogen) atoms. The number of amides is 1.